The molecule has 0 fully saturated rings. The molecule has 0 radical (unpaired) electrons. The Morgan fingerprint density at radius 1 is 0.804 bits per heavy atom. The van der Waals surface area contributed by atoms with Crippen LogP contribution in [0.1, 0.15) is 187 Å². The summed E-state index contributed by atoms with van der Waals surface area (Å²) in [6, 6.07) is 9.07. The van der Waals surface area contributed by atoms with Crippen molar-refractivity contribution in [2.45, 2.75) is 176 Å². The summed E-state index contributed by atoms with van der Waals surface area (Å²) in [5.41, 5.74) is 6.15. The molecule has 2 rings (SSSR count). The van der Waals surface area contributed by atoms with E-state index in [0.717, 1.165) is 54.4 Å². The number of hydrogen-bond donors (Lipinski definition) is 1. The van der Waals surface area contributed by atoms with Crippen molar-refractivity contribution in [3.8, 4) is 11.5 Å². The van der Waals surface area contributed by atoms with E-state index in [1.54, 1.807) is 0 Å². The highest BCUT2D eigenvalue weighted by Crippen LogP contribution is 2.47. The summed E-state index contributed by atoms with van der Waals surface area (Å²) in [6.45, 7) is 30.9. The molecule has 0 aliphatic heterocycles. The van der Waals surface area contributed by atoms with Crippen molar-refractivity contribution in [1.29, 1.82) is 0 Å². The molecule has 0 amide bonds. The van der Waals surface area contributed by atoms with Crippen molar-refractivity contribution in [2.75, 3.05) is 0 Å². The lowest BCUT2D eigenvalue weighted by Gasteiger charge is -2.34. The topological polar surface area (TPSA) is 46.5 Å². The van der Waals surface area contributed by atoms with Gasteiger partial charge in [-0.25, -0.2) is 4.79 Å². The average molecular weight is 633 g/mol. The number of phenolic OH excluding ortho intramolecular Hbond substituents is 1. The zero-order valence-corrected chi connectivity index (χ0v) is 31.8. The van der Waals surface area contributed by atoms with E-state index >= 15 is 0 Å². The second kappa shape index (κ2) is 17.0. The van der Waals surface area contributed by atoms with Crippen LogP contribution in [0, 0.1) is 5.92 Å². The predicted octanol–water partition coefficient (Wildman–Crippen LogP) is 12.6. The number of ether oxygens (including phenoxy) is 1. The molecular weight excluding hydrogens is 564 g/mol. The van der Waals surface area contributed by atoms with Crippen LogP contribution in [0.5, 0.6) is 11.5 Å². The minimum Gasteiger partial charge on any atom is -0.507 e. The molecule has 2 aromatic rings. The Morgan fingerprint density at radius 3 is 1.80 bits per heavy atom. The highest BCUT2D eigenvalue weighted by Gasteiger charge is 2.33. The Balaban J connectivity index is 2.98. The standard InChI is InChI=1S/C43H68O3/c1-14-19-21-23-42(10,11)33-26-32(25-30(6)16-3)39(45)35(27-33)31(7)36-28-34(43(12,13)24-22-20-15-2)29-37(41(8,9)18-5)40(36)46-38(44)17-4/h17,26-31,45H,4,14-16,18-25H2,1-3,5-13H3. The van der Waals surface area contributed by atoms with Gasteiger partial charge in [-0.1, -0.05) is 159 Å². The quantitative estimate of drug-likeness (QED) is 0.0725. The third-order valence-corrected chi connectivity index (χ3v) is 10.9. The molecule has 2 aromatic carbocycles. The van der Waals surface area contributed by atoms with Gasteiger partial charge in [0.2, 0.25) is 0 Å². The Kier molecular flexibility index (Phi) is 14.7. The lowest BCUT2D eigenvalue weighted by Crippen LogP contribution is -2.24. The largest absolute Gasteiger partial charge is 0.507 e. The van der Waals surface area contributed by atoms with Gasteiger partial charge in [0, 0.05) is 28.7 Å². The summed E-state index contributed by atoms with van der Waals surface area (Å²) in [6.07, 6.45) is 13.4. The molecule has 3 nitrogen and oxygen atoms in total. The van der Waals surface area contributed by atoms with Crippen LogP contribution in [0.25, 0.3) is 0 Å². The van der Waals surface area contributed by atoms with Gasteiger partial charge in [-0.2, -0.15) is 0 Å². The van der Waals surface area contributed by atoms with Gasteiger partial charge < -0.3 is 9.84 Å². The molecule has 1 N–H and O–H groups in total. The zero-order chi connectivity index (χ0) is 34.9. The van der Waals surface area contributed by atoms with Crippen LogP contribution >= 0.6 is 0 Å². The normalized spacial score (nSPS) is 13.8. The number of hydrogen-bond acceptors (Lipinski definition) is 3. The van der Waals surface area contributed by atoms with Gasteiger partial charge in [0.15, 0.2) is 0 Å². The third-order valence-electron chi connectivity index (χ3n) is 10.9. The molecule has 0 spiro atoms. The number of carbonyl (C=O) groups is 1. The van der Waals surface area contributed by atoms with Gasteiger partial charge in [0.25, 0.3) is 0 Å². The second-order valence-corrected chi connectivity index (χ2v) is 16.0. The summed E-state index contributed by atoms with van der Waals surface area (Å²) in [5, 5.41) is 12.0. The number of benzene rings is 2. The van der Waals surface area contributed by atoms with Crippen molar-refractivity contribution in [2.24, 2.45) is 5.92 Å². The number of esters is 1. The summed E-state index contributed by atoms with van der Waals surface area (Å²) in [7, 11) is 0. The Labute approximate surface area is 283 Å². The Hall–Kier alpha value is -2.55. The fourth-order valence-corrected chi connectivity index (χ4v) is 6.52. The maximum Gasteiger partial charge on any atom is 0.335 e. The molecule has 258 valence electrons. The first-order valence-electron chi connectivity index (χ1n) is 18.4. The minimum atomic E-state index is -0.455. The monoisotopic (exact) mass is 633 g/mol. The van der Waals surface area contributed by atoms with Gasteiger partial charge in [-0.05, 0) is 64.5 Å². The predicted molar refractivity (Wildman–Crippen MR) is 199 cm³/mol. The number of carbonyl (C=O) groups excluding carboxylic acids is 1. The van der Waals surface area contributed by atoms with Crippen LogP contribution in [0.3, 0.4) is 0 Å². The number of phenols is 1. The lowest BCUT2D eigenvalue weighted by molar-refractivity contribution is -0.129. The highest BCUT2D eigenvalue weighted by molar-refractivity contribution is 5.84. The van der Waals surface area contributed by atoms with E-state index in [9.17, 15) is 9.90 Å². The Morgan fingerprint density at radius 2 is 1.33 bits per heavy atom. The average Bonchev–Trinajstić information content (AvgIpc) is 3.01. The summed E-state index contributed by atoms with van der Waals surface area (Å²) >= 11 is 0. The Bertz CT molecular complexity index is 1300. The molecule has 0 saturated heterocycles. The van der Waals surface area contributed by atoms with E-state index in [1.807, 2.05) is 0 Å². The molecule has 0 saturated carbocycles. The van der Waals surface area contributed by atoms with Gasteiger partial charge in [0.1, 0.15) is 11.5 Å². The maximum atomic E-state index is 12.9. The first kappa shape index (κ1) is 39.6. The van der Waals surface area contributed by atoms with Crippen LogP contribution < -0.4 is 4.74 Å². The van der Waals surface area contributed by atoms with Gasteiger partial charge >= 0.3 is 5.97 Å². The number of unbranched alkanes of at least 4 members (excludes halogenated alkanes) is 4. The van der Waals surface area contributed by atoms with Crippen molar-refractivity contribution in [1.82, 2.24) is 0 Å². The molecule has 0 aliphatic rings. The molecule has 0 heterocycles. The van der Waals surface area contributed by atoms with Crippen LogP contribution in [0.2, 0.25) is 0 Å². The second-order valence-electron chi connectivity index (χ2n) is 16.0. The fourth-order valence-electron chi connectivity index (χ4n) is 6.52. The maximum absolute atomic E-state index is 12.9. The molecule has 2 atom stereocenters. The van der Waals surface area contributed by atoms with Crippen molar-refractivity contribution >= 4 is 5.97 Å². The molecule has 46 heavy (non-hydrogen) atoms. The molecule has 0 aromatic heterocycles. The fraction of sp³-hybridized carbons (Fsp3) is 0.651. The van der Waals surface area contributed by atoms with E-state index in [-0.39, 0.29) is 22.2 Å². The van der Waals surface area contributed by atoms with Gasteiger partial charge in [0.05, 0.1) is 0 Å². The summed E-state index contributed by atoms with van der Waals surface area (Å²) in [5.74, 6) is 0.802. The molecule has 0 aliphatic carbocycles. The first-order chi connectivity index (χ1) is 21.5. The summed E-state index contributed by atoms with van der Waals surface area (Å²) < 4.78 is 6.20. The first-order valence-corrected chi connectivity index (χ1v) is 18.4. The molecule has 3 heteroatoms. The molecular formula is C43H68O3. The van der Waals surface area contributed by atoms with Gasteiger partial charge in [-0.3, -0.25) is 0 Å². The van der Waals surface area contributed by atoms with E-state index in [4.69, 9.17) is 4.74 Å². The van der Waals surface area contributed by atoms with Crippen LogP contribution in [-0.4, -0.2) is 11.1 Å². The lowest BCUT2D eigenvalue weighted by atomic mass is 9.72. The van der Waals surface area contributed by atoms with E-state index in [0.29, 0.717) is 17.4 Å². The minimum absolute atomic E-state index is 0.0296. The van der Waals surface area contributed by atoms with E-state index < -0.39 is 5.97 Å². The van der Waals surface area contributed by atoms with Crippen LogP contribution in [0.15, 0.2) is 36.9 Å². The van der Waals surface area contributed by atoms with Crippen LogP contribution in [0.4, 0.5) is 0 Å². The molecule has 0 bridgehead atoms. The smallest absolute Gasteiger partial charge is 0.335 e. The van der Waals surface area contributed by atoms with Gasteiger partial charge in [-0.15, -0.1) is 0 Å². The van der Waals surface area contributed by atoms with Crippen molar-refractivity contribution < 1.29 is 14.6 Å². The SMILES string of the molecule is C=CC(=O)Oc1c(C(C)c2cc(C(C)(C)CCCCC)cc(CC(C)CC)c2O)cc(C(C)(C)CCCCC)cc1C(C)(C)CC. The van der Waals surface area contributed by atoms with E-state index in [1.165, 1.54) is 55.7 Å². The van der Waals surface area contributed by atoms with Crippen molar-refractivity contribution in [3.05, 3.63) is 70.3 Å². The summed E-state index contributed by atoms with van der Waals surface area (Å²) in [4.78, 5) is 12.9. The highest BCUT2D eigenvalue weighted by atomic mass is 16.5. The van der Waals surface area contributed by atoms with E-state index in [2.05, 4.69) is 114 Å². The zero-order valence-electron chi connectivity index (χ0n) is 31.8. The number of aromatic hydroxyl groups is 1. The van der Waals surface area contributed by atoms with Crippen molar-refractivity contribution in [3.63, 3.8) is 0 Å². The third kappa shape index (κ3) is 9.98. The van der Waals surface area contributed by atoms with Crippen LogP contribution in [-0.2, 0) is 27.5 Å². The number of rotatable bonds is 19. The molecule has 2 unspecified atom stereocenters.